The number of methoxy groups -OCH3 is 1. The van der Waals surface area contributed by atoms with E-state index in [4.69, 9.17) is 16.3 Å². The Kier molecular flexibility index (Phi) is 12.2. The van der Waals surface area contributed by atoms with Crippen LogP contribution in [0.5, 0.6) is 5.75 Å². The molecule has 2 aromatic carbocycles. The van der Waals surface area contributed by atoms with Gasteiger partial charge in [0.05, 0.1) is 17.7 Å². The molecule has 164 valence electrons. The Morgan fingerprint density at radius 3 is 2.53 bits per heavy atom. The molecule has 0 saturated heterocycles. The SMILES string of the molecule is CCNC(=NCCc1cc(C)ccc1OC)NCCNC(=O)c1ccccc1Cl.I. The Morgan fingerprint density at radius 2 is 1.83 bits per heavy atom. The highest BCUT2D eigenvalue weighted by atomic mass is 127. The van der Waals surface area contributed by atoms with Crippen LogP contribution in [0.15, 0.2) is 47.5 Å². The predicted octanol–water partition coefficient (Wildman–Crippen LogP) is 3.80. The van der Waals surface area contributed by atoms with Gasteiger partial charge >= 0.3 is 0 Å². The van der Waals surface area contributed by atoms with Crippen LogP contribution in [0.2, 0.25) is 5.02 Å². The van der Waals surface area contributed by atoms with E-state index < -0.39 is 0 Å². The molecule has 6 nitrogen and oxygen atoms in total. The fourth-order valence-electron chi connectivity index (χ4n) is 2.83. The zero-order valence-electron chi connectivity index (χ0n) is 17.6. The highest BCUT2D eigenvalue weighted by molar-refractivity contribution is 14.0. The molecule has 0 aliphatic rings. The van der Waals surface area contributed by atoms with E-state index in [-0.39, 0.29) is 29.9 Å². The number of aliphatic imine (C=N–C) groups is 1. The lowest BCUT2D eigenvalue weighted by molar-refractivity contribution is 0.0954. The summed E-state index contributed by atoms with van der Waals surface area (Å²) in [5.74, 6) is 1.41. The van der Waals surface area contributed by atoms with E-state index in [0.29, 0.717) is 36.2 Å². The van der Waals surface area contributed by atoms with Gasteiger partial charge < -0.3 is 20.7 Å². The summed E-state index contributed by atoms with van der Waals surface area (Å²) in [6, 6.07) is 13.1. The average Bonchev–Trinajstić information content (AvgIpc) is 2.71. The maximum atomic E-state index is 12.2. The van der Waals surface area contributed by atoms with Gasteiger partial charge in [-0.05, 0) is 44.0 Å². The Morgan fingerprint density at radius 1 is 1.10 bits per heavy atom. The quantitative estimate of drug-likeness (QED) is 0.194. The van der Waals surface area contributed by atoms with Crippen molar-refractivity contribution in [3.8, 4) is 5.75 Å². The molecule has 8 heteroatoms. The number of amides is 1. The lowest BCUT2D eigenvalue weighted by Gasteiger charge is -2.13. The fraction of sp³-hybridized carbons (Fsp3) is 0.364. The van der Waals surface area contributed by atoms with Crippen LogP contribution in [0.3, 0.4) is 0 Å². The number of benzene rings is 2. The van der Waals surface area contributed by atoms with Crippen LogP contribution in [-0.2, 0) is 6.42 Å². The molecular formula is C22H30ClIN4O2. The smallest absolute Gasteiger partial charge is 0.252 e. The molecule has 0 saturated carbocycles. The molecule has 1 amide bonds. The van der Waals surface area contributed by atoms with Crippen LogP contribution in [-0.4, -0.2) is 45.2 Å². The number of guanidine groups is 1. The maximum Gasteiger partial charge on any atom is 0.252 e. The number of aryl methyl sites for hydroxylation is 1. The molecule has 0 unspecified atom stereocenters. The second-order valence-electron chi connectivity index (χ2n) is 6.49. The molecule has 2 aromatic rings. The lowest BCUT2D eigenvalue weighted by atomic mass is 10.1. The van der Waals surface area contributed by atoms with Gasteiger partial charge in [-0.2, -0.15) is 0 Å². The number of carbonyl (C=O) groups excluding carboxylic acids is 1. The highest BCUT2D eigenvalue weighted by Crippen LogP contribution is 2.20. The first-order valence-electron chi connectivity index (χ1n) is 9.73. The van der Waals surface area contributed by atoms with Gasteiger partial charge in [0.2, 0.25) is 0 Å². The van der Waals surface area contributed by atoms with Crippen molar-refractivity contribution in [2.24, 2.45) is 4.99 Å². The number of nitrogens with one attached hydrogen (secondary N) is 3. The first kappa shape index (κ1) is 26.0. The van der Waals surface area contributed by atoms with Gasteiger partial charge in [0.1, 0.15) is 5.75 Å². The number of carbonyl (C=O) groups is 1. The Bertz CT molecular complexity index is 846. The van der Waals surface area contributed by atoms with Crippen molar-refractivity contribution in [3.63, 3.8) is 0 Å². The third-order valence-electron chi connectivity index (χ3n) is 4.25. The van der Waals surface area contributed by atoms with E-state index in [1.807, 2.05) is 19.1 Å². The second kappa shape index (κ2) is 14.1. The van der Waals surface area contributed by atoms with Gasteiger partial charge in [-0.15, -0.1) is 24.0 Å². The number of nitrogens with zero attached hydrogens (tertiary/aromatic N) is 1. The Hall–Kier alpha value is -2.00. The van der Waals surface area contributed by atoms with E-state index in [9.17, 15) is 4.79 Å². The van der Waals surface area contributed by atoms with Crippen LogP contribution in [0, 0.1) is 6.92 Å². The number of halogens is 2. The van der Waals surface area contributed by atoms with Gasteiger partial charge in [-0.1, -0.05) is 41.4 Å². The van der Waals surface area contributed by atoms with Crippen LogP contribution in [0.4, 0.5) is 0 Å². The molecule has 0 heterocycles. The molecule has 0 aliphatic heterocycles. The van der Waals surface area contributed by atoms with Crippen molar-refractivity contribution in [1.82, 2.24) is 16.0 Å². The first-order valence-corrected chi connectivity index (χ1v) is 10.1. The maximum absolute atomic E-state index is 12.2. The minimum Gasteiger partial charge on any atom is -0.496 e. The molecule has 30 heavy (non-hydrogen) atoms. The minimum absolute atomic E-state index is 0. The number of rotatable bonds is 9. The third kappa shape index (κ3) is 8.39. The Balaban J connectivity index is 0.00000450. The van der Waals surface area contributed by atoms with Crippen molar-refractivity contribution >= 4 is 47.4 Å². The van der Waals surface area contributed by atoms with E-state index in [1.165, 1.54) is 5.56 Å². The highest BCUT2D eigenvalue weighted by Gasteiger charge is 2.08. The topological polar surface area (TPSA) is 74.8 Å². The largest absolute Gasteiger partial charge is 0.496 e. The molecule has 0 spiro atoms. The van der Waals surface area contributed by atoms with E-state index in [0.717, 1.165) is 24.3 Å². The molecule has 0 atom stereocenters. The van der Waals surface area contributed by atoms with Crippen molar-refractivity contribution in [1.29, 1.82) is 0 Å². The molecule has 0 radical (unpaired) electrons. The van der Waals surface area contributed by atoms with Crippen molar-refractivity contribution in [2.75, 3.05) is 33.3 Å². The molecular weight excluding hydrogens is 515 g/mol. The molecule has 3 N–H and O–H groups in total. The fourth-order valence-corrected chi connectivity index (χ4v) is 3.05. The van der Waals surface area contributed by atoms with Crippen molar-refractivity contribution in [2.45, 2.75) is 20.3 Å². The summed E-state index contributed by atoms with van der Waals surface area (Å²) >= 11 is 6.05. The summed E-state index contributed by atoms with van der Waals surface area (Å²) in [6.45, 7) is 6.47. The van der Waals surface area contributed by atoms with Gasteiger partial charge in [-0.25, -0.2) is 0 Å². The van der Waals surface area contributed by atoms with E-state index in [2.05, 4.69) is 33.9 Å². The summed E-state index contributed by atoms with van der Waals surface area (Å²) in [5, 5.41) is 9.74. The molecule has 0 aliphatic carbocycles. The van der Waals surface area contributed by atoms with Gasteiger partial charge in [0, 0.05) is 26.2 Å². The number of ether oxygens (including phenoxy) is 1. The summed E-state index contributed by atoms with van der Waals surface area (Å²) in [4.78, 5) is 16.8. The monoisotopic (exact) mass is 544 g/mol. The first-order chi connectivity index (χ1) is 14.0. The van der Waals surface area contributed by atoms with Crippen molar-refractivity contribution in [3.05, 3.63) is 64.2 Å². The zero-order valence-corrected chi connectivity index (χ0v) is 20.7. The molecule has 2 rings (SSSR count). The van der Waals surface area contributed by atoms with E-state index >= 15 is 0 Å². The van der Waals surface area contributed by atoms with Gasteiger partial charge in [0.25, 0.3) is 5.91 Å². The Labute approximate surface area is 200 Å². The second-order valence-corrected chi connectivity index (χ2v) is 6.90. The lowest BCUT2D eigenvalue weighted by Crippen LogP contribution is -2.41. The van der Waals surface area contributed by atoms with Crippen molar-refractivity contribution < 1.29 is 9.53 Å². The normalized spacial score (nSPS) is 10.7. The van der Waals surface area contributed by atoms with Crippen LogP contribution in [0.1, 0.15) is 28.4 Å². The summed E-state index contributed by atoms with van der Waals surface area (Å²) in [6.07, 6.45) is 0.782. The average molecular weight is 545 g/mol. The molecule has 0 fully saturated rings. The third-order valence-corrected chi connectivity index (χ3v) is 4.58. The summed E-state index contributed by atoms with van der Waals surface area (Å²) in [5.41, 5.74) is 2.81. The number of hydrogen-bond acceptors (Lipinski definition) is 3. The van der Waals surface area contributed by atoms with Gasteiger partial charge in [-0.3, -0.25) is 9.79 Å². The number of hydrogen-bond donors (Lipinski definition) is 3. The van der Waals surface area contributed by atoms with Crippen LogP contribution >= 0.6 is 35.6 Å². The van der Waals surface area contributed by atoms with Gasteiger partial charge in [0.15, 0.2) is 5.96 Å². The summed E-state index contributed by atoms with van der Waals surface area (Å²) < 4.78 is 5.42. The van der Waals surface area contributed by atoms with Crippen LogP contribution in [0.25, 0.3) is 0 Å². The predicted molar refractivity (Wildman–Crippen MR) is 135 cm³/mol. The molecule has 0 bridgehead atoms. The van der Waals surface area contributed by atoms with Crippen LogP contribution < -0.4 is 20.7 Å². The standard InChI is InChI=1S/C22H29ClN4O2.HI/c1-4-24-22(26-12-11-17-15-16(2)9-10-20(17)29-3)27-14-13-25-21(28)18-7-5-6-8-19(18)23;/h5-10,15H,4,11-14H2,1-3H3,(H,25,28)(H2,24,26,27);1H. The summed E-state index contributed by atoms with van der Waals surface area (Å²) in [7, 11) is 1.68. The minimum atomic E-state index is -0.189. The molecule has 0 aromatic heterocycles. The van der Waals surface area contributed by atoms with E-state index in [1.54, 1.807) is 31.4 Å². The zero-order chi connectivity index (χ0) is 21.1.